The highest BCUT2D eigenvalue weighted by Gasteiger charge is 2.24. The molecule has 1 amide bonds. The van der Waals surface area contributed by atoms with E-state index < -0.39 is 8.07 Å². The number of nitrogens with one attached hydrogen (secondary N) is 1. The lowest BCUT2D eigenvalue weighted by Gasteiger charge is -2.24. The SMILES string of the molecule is COc1ccc([Si](C)(C)CCNC(=O)[C@H](CS)CC(C)=O)cc1. The number of ether oxygens (including phenoxy) is 1. The van der Waals surface area contributed by atoms with Crippen LogP contribution in [0.25, 0.3) is 0 Å². The number of thiol groups is 1. The molecule has 0 radical (unpaired) electrons. The zero-order chi connectivity index (χ0) is 17.5. The Hall–Kier alpha value is -1.27. The Morgan fingerprint density at radius 2 is 1.87 bits per heavy atom. The summed E-state index contributed by atoms with van der Waals surface area (Å²) in [5, 5.41) is 4.29. The van der Waals surface area contributed by atoms with Gasteiger partial charge in [-0.05, 0) is 25.1 Å². The minimum absolute atomic E-state index is 0.0205. The highest BCUT2D eigenvalue weighted by molar-refractivity contribution is 7.80. The Morgan fingerprint density at radius 3 is 2.35 bits per heavy atom. The van der Waals surface area contributed by atoms with Gasteiger partial charge in [0.1, 0.15) is 11.5 Å². The summed E-state index contributed by atoms with van der Waals surface area (Å²) in [7, 11) is 0.0435. The largest absolute Gasteiger partial charge is 0.497 e. The lowest BCUT2D eigenvalue weighted by atomic mass is 10.0. The van der Waals surface area contributed by atoms with Crippen LogP contribution in [0.5, 0.6) is 5.75 Å². The monoisotopic (exact) mass is 353 g/mol. The molecule has 4 nitrogen and oxygen atoms in total. The van der Waals surface area contributed by atoms with E-state index in [0.29, 0.717) is 12.3 Å². The van der Waals surface area contributed by atoms with Gasteiger partial charge < -0.3 is 14.8 Å². The molecule has 0 spiro atoms. The van der Waals surface area contributed by atoms with Crippen LogP contribution in [0.3, 0.4) is 0 Å². The number of methoxy groups -OCH3 is 1. The summed E-state index contributed by atoms with van der Waals surface area (Å²) in [6.07, 6.45) is 0.259. The number of hydrogen-bond acceptors (Lipinski definition) is 4. The average Bonchev–Trinajstić information content (AvgIpc) is 2.52. The van der Waals surface area contributed by atoms with Crippen molar-refractivity contribution in [2.24, 2.45) is 5.92 Å². The molecule has 1 rings (SSSR count). The molecular formula is C17H27NO3SSi. The van der Waals surface area contributed by atoms with E-state index in [2.05, 4.69) is 43.2 Å². The number of carbonyl (C=O) groups excluding carboxylic acids is 2. The summed E-state index contributed by atoms with van der Waals surface area (Å²) >= 11 is 4.17. The highest BCUT2D eigenvalue weighted by atomic mass is 32.1. The van der Waals surface area contributed by atoms with Gasteiger partial charge in [0.2, 0.25) is 5.91 Å². The van der Waals surface area contributed by atoms with Crippen LogP contribution in [0.2, 0.25) is 19.1 Å². The summed E-state index contributed by atoms with van der Waals surface area (Å²) in [5.74, 6) is 0.862. The quantitative estimate of drug-likeness (QED) is 0.529. The van der Waals surface area contributed by atoms with Gasteiger partial charge in [-0.15, -0.1) is 0 Å². The van der Waals surface area contributed by atoms with Crippen LogP contribution in [0.1, 0.15) is 13.3 Å². The van der Waals surface area contributed by atoms with Gasteiger partial charge in [-0.2, -0.15) is 12.6 Å². The summed E-state index contributed by atoms with van der Waals surface area (Å²) in [6, 6.07) is 9.13. The fraction of sp³-hybridized carbons (Fsp3) is 0.529. The van der Waals surface area contributed by atoms with E-state index in [1.807, 2.05) is 12.1 Å². The molecule has 0 aliphatic carbocycles. The second-order valence-corrected chi connectivity index (χ2v) is 11.6. The fourth-order valence-electron chi connectivity index (χ4n) is 2.42. The average molecular weight is 354 g/mol. The number of ketones is 1. The number of benzene rings is 1. The molecule has 0 fully saturated rings. The zero-order valence-corrected chi connectivity index (χ0v) is 16.3. The second kappa shape index (κ2) is 9.13. The zero-order valence-electron chi connectivity index (χ0n) is 14.4. The Morgan fingerprint density at radius 1 is 1.26 bits per heavy atom. The van der Waals surface area contributed by atoms with E-state index in [1.54, 1.807) is 7.11 Å². The number of amides is 1. The lowest BCUT2D eigenvalue weighted by Crippen LogP contribution is -2.44. The van der Waals surface area contributed by atoms with E-state index in [1.165, 1.54) is 12.1 Å². The van der Waals surface area contributed by atoms with Gasteiger partial charge in [-0.1, -0.05) is 30.4 Å². The molecule has 1 aromatic carbocycles. The van der Waals surface area contributed by atoms with Crippen molar-refractivity contribution in [3.8, 4) is 5.75 Å². The minimum Gasteiger partial charge on any atom is -0.497 e. The third-order valence-corrected chi connectivity index (χ3v) is 7.88. The van der Waals surface area contributed by atoms with Crippen LogP contribution in [-0.4, -0.2) is 39.2 Å². The third-order valence-electron chi connectivity index (χ3n) is 4.05. The maximum absolute atomic E-state index is 12.1. The molecule has 128 valence electrons. The Labute approximate surface area is 145 Å². The Kier molecular flexibility index (Phi) is 7.85. The summed E-state index contributed by atoms with van der Waals surface area (Å²) in [6.45, 7) is 6.70. The summed E-state index contributed by atoms with van der Waals surface area (Å²) < 4.78 is 5.19. The van der Waals surface area contributed by atoms with Crippen LogP contribution >= 0.6 is 12.6 Å². The molecule has 0 aliphatic heterocycles. The maximum atomic E-state index is 12.1. The lowest BCUT2D eigenvalue weighted by molar-refractivity contribution is -0.128. The number of Topliss-reactive ketones (excluding diaryl/α,β-unsaturated/α-hetero) is 1. The van der Waals surface area contributed by atoms with Crippen molar-refractivity contribution in [1.29, 1.82) is 0 Å². The van der Waals surface area contributed by atoms with Crippen LogP contribution in [0.4, 0.5) is 0 Å². The second-order valence-electron chi connectivity index (χ2n) is 6.44. The van der Waals surface area contributed by atoms with E-state index in [9.17, 15) is 9.59 Å². The molecule has 1 atom stereocenters. The van der Waals surface area contributed by atoms with Crippen molar-refractivity contribution in [3.63, 3.8) is 0 Å². The van der Waals surface area contributed by atoms with Crippen LogP contribution in [0.15, 0.2) is 24.3 Å². The van der Waals surface area contributed by atoms with Crippen molar-refractivity contribution in [2.75, 3.05) is 19.4 Å². The molecule has 0 saturated heterocycles. The predicted molar refractivity (Wildman–Crippen MR) is 101 cm³/mol. The first kappa shape index (κ1) is 19.8. The van der Waals surface area contributed by atoms with Crippen molar-refractivity contribution >= 4 is 37.6 Å². The highest BCUT2D eigenvalue weighted by Crippen LogP contribution is 2.13. The first-order chi connectivity index (χ1) is 10.8. The molecule has 0 heterocycles. The molecule has 0 aromatic heterocycles. The topological polar surface area (TPSA) is 55.4 Å². The first-order valence-corrected chi connectivity index (χ1v) is 11.7. The molecule has 0 aliphatic rings. The van der Waals surface area contributed by atoms with Gasteiger partial charge in [0.15, 0.2) is 0 Å². The van der Waals surface area contributed by atoms with Crippen molar-refractivity contribution in [3.05, 3.63) is 24.3 Å². The van der Waals surface area contributed by atoms with Gasteiger partial charge >= 0.3 is 0 Å². The first-order valence-electron chi connectivity index (χ1n) is 7.82. The van der Waals surface area contributed by atoms with Crippen molar-refractivity contribution in [1.82, 2.24) is 5.32 Å². The van der Waals surface area contributed by atoms with Crippen molar-refractivity contribution in [2.45, 2.75) is 32.5 Å². The van der Waals surface area contributed by atoms with Crippen LogP contribution in [0, 0.1) is 5.92 Å². The van der Waals surface area contributed by atoms with Crippen LogP contribution < -0.4 is 15.2 Å². The minimum atomic E-state index is -1.62. The van der Waals surface area contributed by atoms with E-state index in [0.717, 1.165) is 11.8 Å². The summed E-state index contributed by atoms with van der Waals surface area (Å²) in [5.41, 5.74) is 0. The third kappa shape index (κ3) is 6.39. The van der Waals surface area contributed by atoms with Gasteiger partial charge in [0, 0.05) is 18.7 Å². The molecule has 0 bridgehead atoms. The summed E-state index contributed by atoms with van der Waals surface area (Å²) in [4.78, 5) is 23.3. The van der Waals surface area contributed by atoms with E-state index in [-0.39, 0.29) is 24.0 Å². The van der Waals surface area contributed by atoms with Gasteiger partial charge in [-0.3, -0.25) is 4.79 Å². The molecule has 0 saturated carbocycles. The molecule has 6 heteroatoms. The van der Waals surface area contributed by atoms with Crippen LogP contribution in [-0.2, 0) is 9.59 Å². The number of rotatable bonds is 9. The Balaban J connectivity index is 2.54. The van der Waals surface area contributed by atoms with E-state index >= 15 is 0 Å². The van der Waals surface area contributed by atoms with Gasteiger partial charge in [0.05, 0.1) is 21.1 Å². The molecule has 1 aromatic rings. The van der Waals surface area contributed by atoms with Gasteiger partial charge in [-0.25, -0.2) is 0 Å². The smallest absolute Gasteiger partial charge is 0.224 e. The predicted octanol–water partition coefficient (Wildman–Crippen LogP) is 2.25. The maximum Gasteiger partial charge on any atom is 0.224 e. The standard InChI is InChI=1S/C17H27NO3SSi/c1-13(19)11-14(12-22)17(20)18-9-10-23(3,4)16-7-5-15(21-2)6-8-16/h5-8,14,22H,9-12H2,1-4H3,(H,18,20)/t14-/m0/s1. The fourth-order valence-corrected chi connectivity index (χ4v) is 4.82. The number of hydrogen-bond donors (Lipinski definition) is 2. The molecular weight excluding hydrogens is 326 g/mol. The Bertz CT molecular complexity index is 531. The molecule has 0 unspecified atom stereocenters. The molecule has 1 N–H and O–H groups in total. The number of carbonyl (C=O) groups is 2. The van der Waals surface area contributed by atoms with Crippen molar-refractivity contribution < 1.29 is 14.3 Å². The normalized spacial score (nSPS) is 12.6. The van der Waals surface area contributed by atoms with E-state index in [4.69, 9.17) is 4.74 Å². The van der Waals surface area contributed by atoms with Gasteiger partial charge in [0.25, 0.3) is 0 Å². The molecule has 23 heavy (non-hydrogen) atoms.